The number of rotatable bonds is 3. The molecule has 0 aliphatic carbocycles. The van der Waals surface area contributed by atoms with E-state index in [0.717, 1.165) is 23.6 Å². The fourth-order valence-corrected chi connectivity index (χ4v) is 4.20. The number of nitrogens with one attached hydrogen (secondary N) is 1. The first-order valence-corrected chi connectivity index (χ1v) is 8.16. The Kier molecular flexibility index (Phi) is 3.68. The Morgan fingerprint density at radius 2 is 2.00 bits per heavy atom. The molecule has 0 atom stereocenters. The van der Waals surface area contributed by atoms with Gasteiger partial charge in [-0.2, -0.15) is 0 Å². The molecule has 0 unspecified atom stereocenters. The monoisotopic (exact) mass is 351 g/mol. The molecule has 5 heteroatoms. The zero-order valence-corrected chi connectivity index (χ0v) is 13.1. The molecule has 2 aromatic heterocycles. The zero-order valence-electron chi connectivity index (χ0n) is 9.85. The highest BCUT2D eigenvalue weighted by Crippen LogP contribution is 2.25. The lowest BCUT2D eigenvalue weighted by Gasteiger charge is -2.00. The third-order valence-electron chi connectivity index (χ3n) is 2.70. The van der Waals surface area contributed by atoms with Crippen molar-refractivity contribution >= 4 is 54.6 Å². The van der Waals surface area contributed by atoms with Crippen molar-refractivity contribution in [3.05, 3.63) is 56.0 Å². The molecule has 1 N–H and O–H groups in total. The van der Waals surface area contributed by atoms with Crippen LogP contribution in [0.15, 0.2) is 46.3 Å². The molecule has 0 radical (unpaired) electrons. The lowest BCUT2D eigenvalue weighted by atomic mass is 10.2. The van der Waals surface area contributed by atoms with Gasteiger partial charge in [0.25, 0.3) is 5.91 Å². The van der Waals surface area contributed by atoms with E-state index in [0.29, 0.717) is 6.54 Å². The van der Waals surface area contributed by atoms with E-state index >= 15 is 0 Å². The van der Waals surface area contributed by atoms with Gasteiger partial charge in [-0.3, -0.25) is 4.79 Å². The van der Waals surface area contributed by atoms with Crippen LogP contribution in [0.4, 0.5) is 0 Å². The quantitative estimate of drug-likeness (QED) is 0.730. The van der Waals surface area contributed by atoms with Crippen molar-refractivity contribution in [2.75, 3.05) is 0 Å². The van der Waals surface area contributed by atoms with Crippen molar-refractivity contribution in [3.63, 3.8) is 0 Å². The highest BCUT2D eigenvalue weighted by atomic mass is 79.9. The number of hydrogen-bond donors (Lipinski definition) is 1. The number of halogens is 1. The second-order valence-electron chi connectivity index (χ2n) is 4.04. The van der Waals surface area contributed by atoms with Crippen LogP contribution in [0.5, 0.6) is 0 Å². The van der Waals surface area contributed by atoms with Crippen molar-refractivity contribution in [3.8, 4) is 0 Å². The molecule has 0 saturated carbocycles. The maximum atomic E-state index is 12.1. The minimum absolute atomic E-state index is 0.00859. The van der Waals surface area contributed by atoms with Crippen molar-refractivity contribution in [1.29, 1.82) is 0 Å². The van der Waals surface area contributed by atoms with Gasteiger partial charge in [-0.15, -0.1) is 22.7 Å². The Hall–Kier alpha value is -1.17. The van der Waals surface area contributed by atoms with Crippen LogP contribution in [-0.2, 0) is 6.54 Å². The molecule has 19 heavy (non-hydrogen) atoms. The van der Waals surface area contributed by atoms with Crippen molar-refractivity contribution in [2.24, 2.45) is 0 Å². The van der Waals surface area contributed by atoms with Gasteiger partial charge in [0.05, 0.1) is 15.2 Å². The van der Waals surface area contributed by atoms with Gasteiger partial charge >= 0.3 is 0 Å². The summed E-state index contributed by atoms with van der Waals surface area (Å²) in [5.74, 6) is -0.00859. The summed E-state index contributed by atoms with van der Waals surface area (Å²) in [6, 6.07) is 14.0. The number of amides is 1. The van der Waals surface area contributed by atoms with Gasteiger partial charge in [0, 0.05) is 9.58 Å². The highest BCUT2D eigenvalue weighted by Gasteiger charge is 2.10. The molecule has 0 spiro atoms. The highest BCUT2D eigenvalue weighted by molar-refractivity contribution is 9.11. The van der Waals surface area contributed by atoms with Gasteiger partial charge in [-0.25, -0.2) is 0 Å². The number of fused-ring (bicyclic) bond motifs is 1. The lowest BCUT2D eigenvalue weighted by Crippen LogP contribution is -2.21. The molecule has 0 bridgehead atoms. The molecule has 1 aromatic carbocycles. The van der Waals surface area contributed by atoms with Gasteiger partial charge in [-0.1, -0.05) is 18.2 Å². The number of carbonyl (C=O) groups excluding carboxylic acids is 1. The average molecular weight is 352 g/mol. The molecule has 3 aromatic rings. The van der Waals surface area contributed by atoms with Crippen molar-refractivity contribution in [1.82, 2.24) is 5.32 Å². The van der Waals surface area contributed by atoms with Crippen LogP contribution >= 0.6 is 38.6 Å². The maximum absolute atomic E-state index is 12.1. The first kappa shape index (κ1) is 12.8. The maximum Gasteiger partial charge on any atom is 0.261 e. The van der Waals surface area contributed by atoms with E-state index in [-0.39, 0.29) is 5.91 Å². The van der Waals surface area contributed by atoms with Crippen LogP contribution in [-0.4, -0.2) is 5.91 Å². The third-order valence-corrected chi connectivity index (χ3v) is 5.44. The predicted octanol–water partition coefficient (Wildman–Crippen LogP) is 4.66. The Labute approximate surface area is 127 Å². The summed E-state index contributed by atoms with van der Waals surface area (Å²) >= 11 is 6.58. The standard InChI is InChI=1S/C14H10BrNOS2/c15-13-6-5-10(18-13)8-16-14(17)12-7-9-3-1-2-4-11(9)19-12/h1-7H,8H2,(H,16,17). The second kappa shape index (κ2) is 5.45. The van der Waals surface area contributed by atoms with Crippen LogP contribution in [0.25, 0.3) is 10.1 Å². The molecule has 0 aliphatic heterocycles. The topological polar surface area (TPSA) is 29.1 Å². The Balaban J connectivity index is 1.73. The lowest BCUT2D eigenvalue weighted by molar-refractivity contribution is 0.0955. The van der Waals surface area contributed by atoms with Crippen LogP contribution in [0.3, 0.4) is 0 Å². The van der Waals surface area contributed by atoms with E-state index in [1.807, 2.05) is 42.5 Å². The van der Waals surface area contributed by atoms with Crippen molar-refractivity contribution < 1.29 is 4.79 Å². The van der Waals surface area contributed by atoms with E-state index in [4.69, 9.17) is 0 Å². The summed E-state index contributed by atoms with van der Waals surface area (Å²) in [6.45, 7) is 0.573. The van der Waals surface area contributed by atoms with Gasteiger partial charge in [0.2, 0.25) is 0 Å². The SMILES string of the molecule is O=C(NCc1ccc(Br)s1)c1cc2ccccc2s1. The number of benzene rings is 1. The normalized spacial score (nSPS) is 10.8. The smallest absolute Gasteiger partial charge is 0.261 e. The average Bonchev–Trinajstić information content (AvgIpc) is 3.01. The van der Waals surface area contributed by atoms with Crippen molar-refractivity contribution in [2.45, 2.75) is 6.54 Å². The minimum Gasteiger partial charge on any atom is -0.346 e. The molecular formula is C14H10BrNOS2. The molecule has 2 nitrogen and oxygen atoms in total. The largest absolute Gasteiger partial charge is 0.346 e. The fraction of sp³-hybridized carbons (Fsp3) is 0.0714. The molecule has 2 heterocycles. The summed E-state index contributed by atoms with van der Waals surface area (Å²) in [4.78, 5) is 14.0. The number of thiophene rings is 2. The fourth-order valence-electron chi connectivity index (χ4n) is 1.80. The summed E-state index contributed by atoms with van der Waals surface area (Å²) < 4.78 is 2.23. The predicted molar refractivity (Wildman–Crippen MR) is 85.0 cm³/mol. The third kappa shape index (κ3) is 2.88. The molecule has 0 aliphatic rings. The van der Waals surface area contributed by atoms with E-state index in [2.05, 4.69) is 21.2 Å². The molecule has 0 fully saturated rings. The minimum atomic E-state index is -0.00859. The van der Waals surface area contributed by atoms with Crippen LogP contribution in [0.2, 0.25) is 0 Å². The van der Waals surface area contributed by atoms with E-state index < -0.39 is 0 Å². The molecule has 0 saturated heterocycles. The van der Waals surface area contributed by atoms with E-state index in [9.17, 15) is 4.79 Å². The Morgan fingerprint density at radius 3 is 2.74 bits per heavy atom. The molecular weight excluding hydrogens is 342 g/mol. The Bertz CT molecular complexity index is 699. The van der Waals surface area contributed by atoms with E-state index in [1.54, 1.807) is 11.3 Å². The van der Waals surface area contributed by atoms with E-state index in [1.165, 1.54) is 11.3 Å². The summed E-state index contributed by atoms with van der Waals surface area (Å²) in [5.41, 5.74) is 0. The first-order valence-electron chi connectivity index (χ1n) is 5.73. The van der Waals surface area contributed by atoms with Gasteiger partial charge < -0.3 is 5.32 Å². The van der Waals surface area contributed by atoms with Crippen LogP contribution in [0, 0.1) is 0 Å². The van der Waals surface area contributed by atoms with Gasteiger partial charge in [0.1, 0.15) is 0 Å². The number of carbonyl (C=O) groups is 1. The molecule has 3 rings (SSSR count). The van der Waals surface area contributed by atoms with Gasteiger partial charge in [-0.05, 0) is 45.6 Å². The van der Waals surface area contributed by atoms with Gasteiger partial charge in [0.15, 0.2) is 0 Å². The zero-order chi connectivity index (χ0) is 13.2. The molecule has 1 amide bonds. The number of hydrogen-bond acceptors (Lipinski definition) is 3. The summed E-state index contributed by atoms with van der Waals surface area (Å²) in [6.07, 6.45) is 0. The summed E-state index contributed by atoms with van der Waals surface area (Å²) in [7, 11) is 0. The summed E-state index contributed by atoms with van der Waals surface area (Å²) in [5, 5.41) is 4.07. The van der Waals surface area contributed by atoms with Crippen LogP contribution < -0.4 is 5.32 Å². The first-order chi connectivity index (χ1) is 9.22. The Morgan fingerprint density at radius 1 is 1.16 bits per heavy atom. The second-order valence-corrected chi connectivity index (χ2v) is 7.67. The molecule has 96 valence electrons. The van der Waals surface area contributed by atoms with Crippen LogP contribution in [0.1, 0.15) is 14.5 Å².